The van der Waals surface area contributed by atoms with E-state index in [0.29, 0.717) is 0 Å². The lowest BCUT2D eigenvalue weighted by atomic mass is 10.4. The molecule has 0 aromatic rings. The third-order valence-electron chi connectivity index (χ3n) is 1.09. The number of esters is 2. The Morgan fingerprint density at radius 1 is 1.13 bits per heavy atom. The van der Waals surface area contributed by atoms with Gasteiger partial charge < -0.3 is 4.74 Å². The summed E-state index contributed by atoms with van der Waals surface area (Å²) in [4.78, 5) is 20.4. The lowest BCUT2D eigenvalue weighted by Gasteiger charge is -2.10. The number of ether oxygens (including phenoxy) is 1. The summed E-state index contributed by atoms with van der Waals surface area (Å²) >= 11 is 0. The predicted molar refractivity (Wildman–Crippen MR) is 32.9 cm³/mol. The number of hydrogen-bond donors (Lipinski definition) is 0. The lowest BCUT2D eigenvalue weighted by molar-refractivity contribution is -0.202. The molecule has 0 aromatic carbocycles. The molecule has 0 aromatic heterocycles. The van der Waals surface area contributed by atoms with Gasteiger partial charge in [-0.05, 0) is 0 Å². The van der Waals surface area contributed by atoms with Gasteiger partial charge in [0.25, 0.3) is 6.17 Å². The molecule has 0 fully saturated rings. The van der Waals surface area contributed by atoms with Crippen molar-refractivity contribution >= 4 is 11.9 Å². The van der Waals surface area contributed by atoms with Gasteiger partial charge in [-0.1, -0.05) is 0 Å². The summed E-state index contributed by atoms with van der Waals surface area (Å²) in [5.74, 6) is -4.82. The van der Waals surface area contributed by atoms with Crippen molar-refractivity contribution in [3.8, 4) is 0 Å². The Hall–Kier alpha value is -1.28. The fraction of sp³-hybridized carbons (Fsp3) is 0.667. The van der Waals surface area contributed by atoms with E-state index in [9.17, 15) is 35.9 Å². The van der Waals surface area contributed by atoms with E-state index in [4.69, 9.17) is 0 Å². The fourth-order valence-electron chi connectivity index (χ4n) is 0.411. The Labute approximate surface area is 79.0 Å². The summed E-state index contributed by atoms with van der Waals surface area (Å²) < 4.78 is 73.1. The maximum absolute atomic E-state index is 12.1. The van der Waals surface area contributed by atoms with E-state index in [1.54, 1.807) is 0 Å². The topological polar surface area (TPSA) is 43.4 Å². The second kappa shape index (κ2) is 4.99. The highest BCUT2D eigenvalue weighted by Crippen LogP contribution is 2.23. The number of carbonyl (C=O) groups is 2. The third kappa shape index (κ3) is 4.17. The summed E-state index contributed by atoms with van der Waals surface area (Å²) in [6.45, 7) is -1.88. The quantitative estimate of drug-likeness (QED) is 0.422. The summed E-state index contributed by atoms with van der Waals surface area (Å²) in [6, 6.07) is 0. The van der Waals surface area contributed by atoms with Gasteiger partial charge in [0.05, 0.1) is 0 Å². The number of rotatable bonds is 3. The van der Waals surface area contributed by atoms with E-state index in [0.717, 1.165) is 0 Å². The highest BCUT2D eigenvalue weighted by molar-refractivity contribution is 5.90. The van der Waals surface area contributed by atoms with Crippen LogP contribution in [0.1, 0.15) is 0 Å². The first-order valence-corrected chi connectivity index (χ1v) is 3.36. The van der Waals surface area contributed by atoms with E-state index >= 15 is 0 Å². The standard InChI is InChI=1S/C6H4F6O3/c7-1-2(8)4(13)15-5(14)3(9)6(10,11)12/h2-3H,1H2. The molecule has 0 heterocycles. The van der Waals surface area contributed by atoms with Crippen LogP contribution in [0.15, 0.2) is 0 Å². The van der Waals surface area contributed by atoms with Crippen molar-refractivity contribution in [2.45, 2.75) is 18.5 Å². The van der Waals surface area contributed by atoms with Crippen LogP contribution in [-0.2, 0) is 14.3 Å². The molecule has 0 saturated carbocycles. The van der Waals surface area contributed by atoms with Gasteiger partial charge in [0.15, 0.2) is 0 Å². The molecule has 0 aliphatic heterocycles. The molecule has 0 spiro atoms. The maximum atomic E-state index is 12.1. The molecule has 88 valence electrons. The van der Waals surface area contributed by atoms with Gasteiger partial charge in [0, 0.05) is 0 Å². The van der Waals surface area contributed by atoms with Crippen molar-refractivity contribution in [3.05, 3.63) is 0 Å². The van der Waals surface area contributed by atoms with Crippen molar-refractivity contribution < 1.29 is 40.7 Å². The van der Waals surface area contributed by atoms with Crippen LogP contribution < -0.4 is 0 Å². The monoisotopic (exact) mass is 238 g/mol. The molecular weight excluding hydrogens is 234 g/mol. The lowest BCUT2D eigenvalue weighted by Crippen LogP contribution is -2.37. The van der Waals surface area contributed by atoms with E-state index in [1.807, 2.05) is 0 Å². The molecule has 2 unspecified atom stereocenters. The minimum absolute atomic E-state index is 1.88. The van der Waals surface area contributed by atoms with E-state index < -0.39 is 37.1 Å². The summed E-state index contributed by atoms with van der Waals surface area (Å²) in [6.07, 6.45) is -12.5. The number of hydrogen-bond acceptors (Lipinski definition) is 3. The van der Waals surface area contributed by atoms with Crippen LogP contribution in [0, 0.1) is 0 Å². The zero-order chi connectivity index (χ0) is 12.2. The molecule has 0 aliphatic rings. The Bertz CT molecular complexity index is 250. The molecular formula is C6H4F6O3. The van der Waals surface area contributed by atoms with Crippen LogP contribution in [0.4, 0.5) is 26.3 Å². The Balaban J connectivity index is 4.32. The summed E-state index contributed by atoms with van der Waals surface area (Å²) in [5, 5.41) is 0. The fourth-order valence-corrected chi connectivity index (χ4v) is 0.411. The zero-order valence-corrected chi connectivity index (χ0v) is 6.85. The van der Waals surface area contributed by atoms with Gasteiger partial charge >= 0.3 is 18.1 Å². The van der Waals surface area contributed by atoms with Gasteiger partial charge in [-0.2, -0.15) is 13.2 Å². The molecule has 0 amide bonds. The Morgan fingerprint density at radius 3 is 1.93 bits per heavy atom. The molecule has 0 radical (unpaired) electrons. The molecule has 0 saturated heterocycles. The van der Waals surface area contributed by atoms with Gasteiger partial charge in [0.2, 0.25) is 6.17 Å². The number of alkyl halides is 6. The smallest absolute Gasteiger partial charge is 0.388 e. The van der Waals surface area contributed by atoms with Crippen molar-refractivity contribution in [3.63, 3.8) is 0 Å². The number of halogens is 6. The highest BCUT2D eigenvalue weighted by atomic mass is 19.4. The van der Waals surface area contributed by atoms with Crippen LogP contribution in [-0.4, -0.2) is 37.1 Å². The normalized spacial score (nSPS) is 15.6. The van der Waals surface area contributed by atoms with Crippen molar-refractivity contribution in [1.29, 1.82) is 0 Å². The molecule has 0 N–H and O–H groups in total. The van der Waals surface area contributed by atoms with Crippen LogP contribution in [0.25, 0.3) is 0 Å². The van der Waals surface area contributed by atoms with Crippen molar-refractivity contribution in [1.82, 2.24) is 0 Å². The van der Waals surface area contributed by atoms with E-state index in [2.05, 4.69) is 4.74 Å². The van der Waals surface area contributed by atoms with Crippen LogP contribution >= 0.6 is 0 Å². The minimum Gasteiger partial charge on any atom is -0.388 e. The van der Waals surface area contributed by atoms with Gasteiger partial charge in [-0.25, -0.2) is 22.8 Å². The van der Waals surface area contributed by atoms with Crippen LogP contribution in [0.5, 0.6) is 0 Å². The van der Waals surface area contributed by atoms with Crippen LogP contribution in [0.2, 0.25) is 0 Å². The Morgan fingerprint density at radius 2 is 1.60 bits per heavy atom. The average molecular weight is 238 g/mol. The summed E-state index contributed by atoms with van der Waals surface area (Å²) in [5.41, 5.74) is 0. The summed E-state index contributed by atoms with van der Waals surface area (Å²) in [7, 11) is 0. The molecule has 9 heteroatoms. The molecule has 0 bridgehead atoms. The SMILES string of the molecule is O=C(OC(=O)C(F)C(F)(F)F)C(F)CF. The predicted octanol–water partition coefficient (Wildman–Crippen LogP) is 1.26. The molecule has 0 rings (SSSR count). The first kappa shape index (κ1) is 13.7. The Kier molecular flexibility index (Phi) is 4.56. The number of carbonyl (C=O) groups excluding carboxylic acids is 2. The van der Waals surface area contributed by atoms with Gasteiger partial charge in [-0.3, -0.25) is 0 Å². The molecule has 0 aliphatic carbocycles. The average Bonchev–Trinajstić information content (AvgIpc) is 2.13. The minimum atomic E-state index is -5.56. The highest BCUT2D eigenvalue weighted by Gasteiger charge is 2.48. The molecule has 2 atom stereocenters. The second-order valence-corrected chi connectivity index (χ2v) is 2.27. The van der Waals surface area contributed by atoms with Crippen molar-refractivity contribution in [2.24, 2.45) is 0 Å². The third-order valence-corrected chi connectivity index (χ3v) is 1.09. The van der Waals surface area contributed by atoms with Gasteiger partial charge in [0.1, 0.15) is 6.67 Å². The van der Waals surface area contributed by atoms with Crippen molar-refractivity contribution in [2.75, 3.05) is 6.67 Å². The molecule has 3 nitrogen and oxygen atoms in total. The first-order valence-electron chi connectivity index (χ1n) is 3.36. The zero-order valence-electron chi connectivity index (χ0n) is 6.85. The van der Waals surface area contributed by atoms with E-state index in [-0.39, 0.29) is 0 Å². The second-order valence-electron chi connectivity index (χ2n) is 2.27. The largest absolute Gasteiger partial charge is 0.430 e. The van der Waals surface area contributed by atoms with Crippen LogP contribution in [0.3, 0.4) is 0 Å². The molecule has 15 heavy (non-hydrogen) atoms. The van der Waals surface area contributed by atoms with E-state index in [1.165, 1.54) is 0 Å². The maximum Gasteiger partial charge on any atom is 0.430 e. The van der Waals surface area contributed by atoms with Gasteiger partial charge in [-0.15, -0.1) is 0 Å². The first-order chi connectivity index (χ1) is 6.70.